The summed E-state index contributed by atoms with van der Waals surface area (Å²) in [4.78, 5) is 22.8. The van der Waals surface area contributed by atoms with Gasteiger partial charge in [0.05, 0.1) is 6.61 Å². The number of carbonyl (C=O) groups excluding carboxylic acids is 2. The number of amides is 3. The van der Waals surface area contributed by atoms with Crippen LogP contribution in [-0.4, -0.2) is 29.7 Å². The highest BCUT2D eigenvalue weighted by atomic mass is 79.9. The molecule has 0 radical (unpaired) electrons. The molecule has 0 atom stereocenters. The number of ether oxygens (including phenoxy) is 1. The van der Waals surface area contributed by atoms with Crippen molar-refractivity contribution in [3.63, 3.8) is 0 Å². The van der Waals surface area contributed by atoms with E-state index in [1.165, 1.54) is 0 Å². The molecule has 20 heavy (non-hydrogen) atoms. The molecular formula is C13H17BrN2O4. The van der Waals surface area contributed by atoms with Gasteiger partial charge in [-0.1, -0.05) is 15.9 Å². The maximum absolute atomic E-state index is 11.5. The van der Waals surface area contributed by atoms with Crippen molar-refractivity contribution >= 4 is 27.9 Å². The number of halogens is 1. The van der Waals surface area contributed by atoms with Crippen LogP contribution >= 0.6 is 15.9 Å². The van der Waals surface area contributed by atoms with Gasteiger partial charge in [0.15, 0.2) is 6.61 Å². The Balaban J connectivity index is 2.51. The van der Waals surface area contributed by atoms with Gasteiger partial charge in [-0.15, -0.1) is 0 Å². The molecule has 0 heterocycles. The monoisotopic (exact) mass is 344 g/mol. The molecule has 3 amide bonds. The average molecular weight is 345 g/mol. The zero-order chi connectivity index (χ0) is 15.1. The molecule has 0 spiro atoms. The van der Waals surface area contributed by atoms with Gasteiger partial charge in [-0.2, -0.15) is 0 Å². The first-order chi connectivity index (χ1) is 9.42. The Hall–Kier alpha value is -1.60. The molecule has 0 aliphatic carbocycles. The number of carbonyl (C=O) groups is 2. The Bertz CT molecular complexity index is 491. The van der Waals surface area contributed by atoms with Crippen LogP contribution in [0.15, 0.2) is 22.7 Å². The second kappa shape index (κ2) is 7.86. The van der Waals surface area contributed by atoms with Crippen LogP contribution in [0.5, 0.6) is 5.75 Å². The van der Waals surface area contributed by atoms with Crippen molar-refractivity contribution < 1.29 is 19.4 Å². The molecule has 0 saturated heterocycles. The first kappa shape index (κ1) is 16.5. The maximum atomic E-state index is 11.5. The van der Waals surface area contributed by atoms with Gasteiger partial charge >= 0.3 is 6.03 Å². The van der Waals surface area contributed by atoms with E-state index in [-0.39, 0.29) is 19.3 Å². The van der Waals surface area contributed by atoms with Crippen LogP contribution in [-0.2, 0) is 11.4 Å². The number of benzene rings is 1. The molecule has 0 aromatic heterocycles. The zero-order valence-electron chi connectivity index (χ0n) is 11.3. The summed E-state index contributed by atoms with van der Waals surface area (Å²) in [5, 5.41) is 13.9. The molecule has 1 aromatic rings. The van der Waals surface area contributed by atoms with Crippen LogP contribution in [0.25, 0.3) is 0 Å². The fraction of sp³-hybridized carbons (Fsp3) is 0.385. The zero-order valence-corrected chi connectivity index (χ0v) is 12.9. The standard InChI is InChI=1S/C13H17BrN2O4/c1-8(2)15-13(19)16-12(18)7-20-11-4-3-10(14)5-9(11)6-17/h3-5,8,17H,6-7H2,1-2H3,(H2,15,16,18,19). The highest BCUT2D eigenvalue weighted by Gasteiger charge is 2.10. The Labute approximate surface area is 125 Å². The lowest BCUT2D eigenvalue weighted by Crippen LogP contribution is -2.44. The lowest BCUT2D eigenvalue weighted by molar-refractivity contribution is -0.122. The van der Waals surface area contributed by atoms with E-state index >= 15 is 0 Å². The van der Waals surface area contributed by atoms with Gasteiger partial charge < -0.3 is 15.2 Å². The summed E-state index contributed by atoms with van der Waals surface area (Å²) < 4.78 is 6.08. The number of hydrogen-bond acceptors (Lipinski definition) is 4. The van der Waals surface area contributed by atoms with Gasteiger partial charge in [-0.3, -0.25) is 10.1 Å². The smallest absolute Gasteiger partial charge is 0.321 e. The van der Waals surface area contributed by atoms with Crippen LogP contribution in [0, 0.1) is 0 Å². The largest absolute Gasteiger partial charge is 0.483 e. The van der Waals surface area contributed by atoms with Crippen molar-refractivity contribution in [1.82, 2.24) is 10.6 Å². The number of aliphatic hydroxyl groups excluding tert-OH is 1. The minimum Gasteiger partial charge on any atom is -0.483 e. The Kier molecular flexibility index (Phi) is 6.47. The normalized spacial score (nSPS) is 10.2. The van der Waals surface area contributed by atoms with E-state index in [1.807, 2.05) is 0 Å². The molecule has 0 unspecified atom stereocenters. The number of rotatable bonds is 5. The first-order valence-electron chi connectivity index (χ1n) is 6.04. The van der Waals surface area contributed by atoms with Gasteiger partial charge in [-0.25, -0.2) is 4.79 Å². The summed E-state index contributed by atoms with van der Waals surface area (Å²) in [7, 11) is 0. The van der Waals surface area contributed by atoms with Gasteiger partial charge in [0.25, 0.3) is 5.91 Å². The van der Waals surface area contributed by atoms with Gasteiger partial charge in [0.2, 0.25) is 0 Å². The van der Waals surface area contributed by atoms with E-state index < -0.39 is 11.9 Å². The van der Waals surface area contributed by atoms with E-state index in [1.54, 1.807) is 32.0 Å². The molecule has 0 aliphatic heterocycles. The van der Waals surface area contributed by atoms with E-state index in [4.69, 9.17) is 4.74 Å². The molecule has 0 bridgehead atoms. The van der Waals surface area contributed by atoms with Gasteiger partial charge in [0.1, 0.15) is 5.75 Å². The minimum atomic E-state index is -0.563. The number of urea groups is 1. The molecule has 7 heteroatoms. The number of aliphatic hydroxyl groups is 1. The van der Waals surface area contributed by atoms with Gasteiger partial charge in [-0.05, 0) is 32.0 Å². The Morgan fingerprint density at radius 2 is 2.10 bits per heavy atom. The van der Waals surface area contributed by atoms with E-state index in [9.17, 15) is 14.7 Å². The fourth-order valence-corrected chi connectivity index (χ4v) is 1.83. The molecule has 0 aliphatic rings. The maximum Gasteiger partial charge on any atom is 0.321 e. The van der Waals surface area contributed by atoms with E-state index in [0.29, 0.717) is 11.3 Å². The lowest BCUT2D eigenvalue weighted by Gasteiger charge is -2.11. The summed E-state index contributed by atoms with van der Waals surface area (Å²) in [6.45, 7) is 3.07. The molecule has 1 aromatic carbocycles. The van der Waals surface area contributed by atoms with Crippen molar-refractivity contribution in [2.75, 3.05) is 6.61 Å². The number of hydrogen-bond donors (Lipinski definition) is 3. The second-order valence-electron chi connectivity index (χ2n) is 4.38. The summed E-state index contributed by atoms with van der Waals surface area (Å²) in [5.41, 5.74) is 0.554. The summed E-state index contributed by atoms with van der Waals surface area (Å²) in [5.74, 6) is -0.162. The molecule has 3 N–H and O–H groups in total. The third kappa shape index (κ3) is 5.58. The van der Waals surface area contributed by atoms with Gasteiger partial charge in [0, 0.05) is 16.1 Å². The second-order valence-corrected chi connectivity index (χ2v) is 5.29. The molecule has 110 valence electrons. The number of nitrogens with one attached hydrogen (secondary N) is 2. The Morgan fingerprint density at radius 1 is 1.40 bits per heavy atom. The molecule has 0 saturated carbocycles. The van der Waals surface area contributed by atoms with E-state index in [2.05, 4.69) is 26.6 Å². The predicted octanol–water partition coefficient (Wildman–Crippen LogP) is 1.55. The van der Waals surface area contributed by atoms with E-state index in [0.717, 1.165) is 4.47 Å². The fourth-order valence-electron chi connectivity index (χ4n) is 1.42. The predicted molar refractivity (Wildman–Crippen MR) is 77.4 cm³/mol. The third-order valence-corrected chi connectivity index (χ3v) is 2.72. The third-order valence-electron chi connectivity index (χ3n) is 2.22. The van der Waals surface area contributed by atoms with Crippen LogP contribution in [0.3, 0.4) is 0 Å². The summed E-state index contributed by atoms with van der Waals surface area (Å²) in [6, 6.07) is 4.44. The van der Waals surface area contributed by atoms with Crippen LogP contribution < -0.4 is 15.4 Å². The lowest BCUT2D eigenvalue weighted by atomic mass is 10.2. The topological polar surface area (TPSA) is 87.7 Å². The summed E-state index contributed by atoms with van der Waals surface area (Å²) in [6.07, 6.45) is 0. The van der Waals surface area contributed by atoms with Crippen LogP contribution in [0.2, 0.25) is 0 Å². The molecule has 6 nitrogen and oxygen atoms in total. The highest BCUT2D eigenvalue weighted by molar-refractivity contribution is 9.10. The highest BCUT2D eigenvalue weighted by Crippen LogP contribution is 2.23. The molecule has 1 rings (SSSR count). The van der Waals surface area contributed by atoms with Crippen molar-refractivity contribution in [3.8, 4) is 5.75 Å². The number of imide groups is 1. The Morgan fingerprint density at radius 3 is 2.70 bits per heavy atom. The quantitative estimate of drug-likeness (QED) is 0.756. The van der Waals surface area contributed by atoms with Crippen molar-refractivity contribution in [2.45, 2.75) is 26.5 Å². The van der Waals surface area contributed by atoms with Crippen LogP contribution in [0.1, 0.15) is 19.4 Å². The average Bonchev–Trinajstić information content (AvgIpc) is 2.35. The molecule has 0 fully saturated rings. The van der Waals surface area contributed by atoms with Crippen molar-refractivity contribution in [3.05, 3.63) is 28.2 Å². The molecular weight excluding hydrogens is 328 g/mol. The SMILES string of the molecule is CC(C)NC(=O)NC(=O)COc1ccc(Br)cc1CO. The summed E-state index contributed by atoms with van der Waals surface area (Å²) >= 11 is 3.27. The van der Waals surface area contributed by atoms with Crippen molar-refractivity contribution in [1.29, 1.82) is 0 Å². The van der Waals surface area contributed by atoms with Crippen molar-refractivity contribution in [2.24, 2.45) is 0 Å². The minimum absolute atomic E-state index is 0.0591. The first-order valence-corrected chi connectivity index (χ1v) is 6.84. The van der Waals surface area contributed by atoms with Crippen LogP contribution in [0.4, 0.5) is 4.79 Å².